The van der Waals surface area contributed by atoms with Gasteiger partial charge in [0, 0.05) is 10.5 Å². The van der Waals surface area contributed by atoms with Gasteiger partial charge in [-0.05, 0) is 23.8 Å². The maximum Gasteiger partial charge on any atom is 0.328 e. The Bertz CT molecular complexity index is 456. The van der Waals surface area contributed by atoms with E-state index in [-0.39, 0.29) is 0 Å². The Hall–Kier alpha value is -1.66. The normalized spacial score (nSPS) is 12.3. The van der Waals surface area contributed by atoms with Crippen LogP contribution >= 0.6 is 15.9 Å². The quantitative estimate of drug-likeness (QED) is 0.708. The SMILES string of the molecule is O=C(/C=C/c1ccc(Br)cc1)N[C@H](CO)C(=O)O. The molecule has 0 heterocycles. The van der Waals surface area contributed by atoms with Crippen LogP contribution in [0.15, 0.2) is 34.8 Å². The minimum Gasteiger partial charge on any atom is -0.480 e. The molecule has 0 aromatic heterocycles. The summed E-state index contributed by atoms with van der Waals surface area (Å²) in [5, 5.41) is 19.5. The third-order valence-corrected chi connectivity index (χ3v) is 2.62. The fourth-order valence-electron chi connectivity index (χ4n) is 1.15. The first-order valence-corrected chi connectivity index (χ1v) is 5.90. The summed E-state index contributed by atoms with van der Waals surface area (Å²) in [4.78, 5) is 21.9. The fourth-order valence-corrected chi connectivity index (χ4v) is 1.42. The summed E-state index contributed by atoms with van der Waals surface area (Å²) in [6.07, 6.45) is 2.77. The van der Waals surface area contributed by atoms with Crippen LogP contribution in [-0.4, -0.2) is 34.7 Å². The Labute approximate surface area is 112 Å². The number of amides is 1. The summed E-state index contributed by atoms with van der Waals surface area (Å²) in [7, 11) is 0. The van der Waals surface area contributed by atoms with Crippen LogP contribution < -0.4 is 5.32 Å². The van der Waals surface area contributed by atoms with Gasteiger partial charge in [0.1, 0.15) is 0 Å². The van der Waals surface area contributed by atoms with Gasteiger partial charge in [0.25, 0.3) is 0 Å². The minimum absolute atomic E-state index is 0.570. The van der Waals surface area contributed by atoms with Crippen molar-refractivity contribution in [1.29, 1.82) is 0 Å². The Kier molecular flexibility index (Phi) is 5.54. The summed E-state index contributed by atoms with van der Waals surface area (Å²) < 4.78 is 0.926. The smallest absolute Gasteiger partial charge is 0.328 e. The average molecular weight is 314 g/mol. The predicted molar refractivity (Wildman–Crippen MR) is 69.8 cm³/mol. The lowest BCUT2D eigenvalue weighted by Gasteiger charge is -2.09. The van der Waals surface area contributed by atoms with Gasteiger partial charge in [-0.3, -0.25) is 4.79 Å². The molecule has 0 saturated heterocycles. The van der Waals surface area contributed by atoms with Crippen LogP contribution in [0, 0.1) is 0 Å². The summed E-state index contributed by atoms with van der Waals surface area (Å²) >= 11 is 3.29. The third kappa shape index (κ3) is 4.68. The van der Waals surface area contributed by atoms with Crippen molar-refractivity contribution in [3.05, 3.63) is 40.4 Å². The molecule has 3 N–H and O–H groups in total. The van der Waals surface area contributed by atoms with Crippen molar-refractivity contribution < 1.29 is 19.8 Å². The highest BCUT2D eigenvalue weighted by atomic mass is 79.9. The standard InChI is InChI=1S/C12H12BrNO4/c13-9-4-1-8(2-5-9)3-6-11(16)14-10(7-15)12(17)18/h1-6,10,15H,7H2,(H,14,16)(H,17,18)/b6-3+/t10-/m1/s1. The minimum atomic E-state index is -1.29. The van der Waals surface area contributed by atoms with Crippen LogP contribution in [0.3, 0.4) is 0 Å². The van der Waals surface area contributed by atoms with Crippen molar-refractivity contribution >= 4 is 33.9 Å². The molecule has 1 rings (SSSR count). The molecule has 96 valence electrons. The first-order valence-electron chi connectivity index (χ1n) is 5.10. The van der Waals surface area contributed by atoms with Crippen LogP contribution in [0.25, 0.3) is 6.08 Å². The second-order valence-electron chi connectivity index (χ2n) is 3.47. The first-order chi connectivity index (χ1) is 8.52. The molecule has 0 aliphatic rings. The largest absolute Gasteiger partial charge is 0.480 e. The maximum atomic E-state index is 11.4. The lowest BCUT2D eigenvalue weighted by molar-refractivity contribution is -0.142. The van der Waals surface area contributed by atoms with Gasteiger partial charge in [0.15, 0.2) is 6.04 Å². The van der Waals surface area contributed by atoms with E-state index in [9.17, 15) is 9.59 Å². The fraction of sp³-hybridized carbons (Fsp3) is 0.167. The van der Waals surface area contributed by atoms with E-state index in [1.807, 2.05) is 12.1 Å². The van der Waals surface area contributed by atoms with E-state index in [0.717, 1.165) is 10.0 Å². The van der Waals surface area contributed by atoms with Gasteiger partial charge in [-0.15, -0.1) is 0 Å². The molecule has 0 aliphatic heterocycles. The molecule has 5 nitrogen and oxygen atoms in total. The topological polar surface area (TPSA) is 86.6 Å². The Morgan fingerprint density at radius 3 is 2.44 bits per heavy atom. The molecule has 0 spiro atoms. The number of carboxylic acids is 1. The number of benzene rings is 1. The molecule has 1 amide bonds. The van der Waals surface area contributed by atoms with Gasteiger partial charge in [-0.2, -0.15) is 0 Å². The molecule has 0 fully saturated rings. The number of carboxylic acid groups (broad SMARTS) is 1. The molecule has 6 heteroatoms. The number of nitrogens with one attached hydrogen (secondary N) is 1. The number of rotatable bonds is 5. The van der Waals surface area contributed by atoms with Crippen molar-refractivity contribution in [2.45, 2.75) is 6.04 Å². The van der Waals surface area contributed by atoms with E-state index in [1.54, 1.807) is 18.2 Å². The van der Waals surface area contributed by atoms with E-state index < -0.39 is 24.5 Å². The van der Waals surface area contributed by atoms with Gasteiger partial charge in [0.2, 0.25) is 5.91 Å². The number of hydrogen-bond donors (Lipinski definition) is 3. The van der Waals surface area contributed by atoms with Gasteiger partial charge in [-0.1, -0.05) is 28.1 Å². The summed E-state index contributed by atoms with van der Waals surface area (Å²) in [6, 6.07) is 5.96. The second-order valence-corrected chi connectivity index (χ2v) is 4.38. The molecular weight excluding hydrogens is 302 g/mol. The van der Waals surface area contributed by atoms with E-state index in [2.05, 4.69) is 21.2 Å². The third-order valence-electron chi connectivity index (χ3n) is 2.09. The zero-order chi connectivity index (χ0) is 13.5. The van der Waals surface area contributed by atoms with Gasteiger partial charge < -0.3 is 15.5 Å². The Morgan fingerprint density at radius 2 is 1.94 bits per heavy atom. The highest BCUT2D eigenvalue weighted by Gasteiger charge is 2.16. The second kappa shape index (κ2) is 6.93. The van der Waals surface area contributed by atoms with Crippen molar-refractivity contribution in [2.75, 3.05) is 6.61 Å². The summed E-state index contributed by atoms with van der Waals surface area (Å²) in [5.74, 6) is -1.85. The van der Waals surface area contributed by atoms with Crippen LogP contribution in [0.1, 0.15) is 5.56 Å². The molecule has 0 radical (unpaired) electrons. The Balaban J connectivity index is 2.59. The van der Waals surface area contributed by atoms with E-state index >= 15 is 0 Å². The highest BCUT2D eigenvalue weighted by Crippen LogP contribution is 2.11. The number of hydrogen-bond acceptors (Lipinski definition) is 3. The number of halogens is 1. The molecule has 18 heavy (non-hydrogen) atoms. The lowest BCUT2D eigenvalue weighted by atomic mass is 10.2. The Morgan fingerprint density at radius 1 is 1.33 bits per heavy atom. The number of aliphatic hydroxyl groups is 1. The molecule has 1 aromatic rings. The number of aliphatic carboxylic acids is 1. The van der Waals surface area contributed by atoms with Crippen molar-refractivity contribution in [1.82, 2.24) is 5.32 Å². The van der Waals surface area contributed by atoms with Crippen LogP contribution in [0.5, 0.6) is 0 Å². The van der Waals surface area contributed by atoms with E-state index in [4.69, 9.17) is 10.2 Å². The number of carbonyl (C=O) groups is 2. The van der Waals surface area contributed by atoms with E-state index in [0.29, 0.717) is 0 Å². The first kappa shape index (κ1) is 14.4. The molecule has 1 atom stereocenters. The average Bonchev–Trinajstić information content (AvgIpc) is 2.35. The van der Waals surface area contributed by atoms with Gasteiger partial charge in [-0.25, -0.2) is 4.79 Å². The zero-order valence-corrected chi connectivity index (χ0v) is 10.9. The summed E-state index contributed by atoms with van der Waals surface area (Å²) in [5.41, 5.74) is 0.809. The lowest BCUT2D eigenvalue weighted by Crippen LogP contribution is -2.42. The van der Waals surface area contributed by atoms with Crippen molar-refractivity contribution in [2.24, 2.45) is 0 Å². The molecule has 1 aromatic carbocycles. The van der Waals surface area contributed by atoms with Crippen LogP contribution in [0.4, 0.5) is 0 Å². The van der Waals surface area contributed by atoms with Crippen molar-refractivity contribution in [3.8, 4) is 0 Å². The monoisotopic (exact) mass is 313 g/mol. The molecule has 0 aliphatic carbocycles. The number of aliphatic hydroxyl groups excluding tert-OH is 1. The maximum absolute atomic E-state index is 11.4. The molecule has 0 bridgehead atoms. The highest BCUT2D eigenvalue weighted by molar-refractivity contribution is 9.10. The summed E-state index contributed by atoms with van der Waals surface area (Å²) in [6.45, 7) is -0.646. The van der Waals surface area contributed by atoms with Crippen LogP contribution in [-0.2, 0) is 9.59 Å². The molecular formula is C12H12BrNO4. The van der Waals surface area contributed by atoms with Crippen molar-refractivity contribution in [3.63, 3.8) is 0 Å². The zero-order valence-electron chi connectivity index (χ0n) is 9.34. The molecule has 0 saturated carbocycles. The van der Waals surface area contributed by atoms with Gasteiger partial charge >= 0.3 is 5.97 Å². The predicted octanol–water partition coefficient (Wildman–Crippen LogP) is 1.02. The van der Waals surface area contributed by atoms with E-state index in [1.165, 1.54) is 6.08 Å². The molecule has 0 unspecified atom stereocenters. The number of carbonyl (C=O) groups excluding carboxylic acids is 1. The van der Waals surface area contributed by atoms with Gasteiger partial charge in [0.05, 0.1) is 6.61 Å². The van der Waals surface area contributed by atoms with Crippen LogP contribution in [0.2, 0.25) is 0 Å².